The van der Waals surface area contributed by atoms with Crippen LogP contribution < -0.4 is 9.80 Å². The Morgan fingerprint density at radius 2 is 1.91 bits per heavy atom. The fraction of sp³-hybridized carbons (Fsp3) is 0.455. The van der Waals surface area contributed by atoms with Crippen LogP contribution in [0.3, 0.4) is 0 Å². The fourth-order valence-corrected chi connectivity index (χ4v) is 7.81. The molecule has 1 N–H and O–H groups in total. The third-order valence-electron chi connectivity index (χ3n) is 9.73. The van der Waals surface area contributed by atoms with Crippen LogP contribution in [0.4, 0.5) is 16.5 Å². The highest BCUT2D eigenvalue weighted by Gasteiger charge is 2.60. The predicted molar refractivity (Wildman–Crippen MR) is 169 cm³/mol. The highest BCUT2D eigenvalue weighted by molar-refractivity contribution is 7.16. The lowest BCUT2D eigenvalue weighted by atomic mass is 9.90. The fourth-order valence-electron chi connectivity index (χ4n) is 6.96. The number of anilines is 3. The van der Waals surface area contributed by atoms with Crippen LogP contribution in [-0.2, 0) is 11.2 Å². The second-order valence-electron chi connectivity index (χ2n) is 12.5. The summed E-state index contributed by atoms with van der Waals surface area (Å²) in [5.74, 6) is 0.359. The van der Waals surface area contributed by atoms with Gasteiger partial charge in [-0.1, -0.05) is 48.1 Å². The van der Waals surface area contributed by atoms with Gasteiger partial charge in [0.1, 0.15) is 16.6 Å². The van der Waals surface area contributed by atoms with Crippen molar-refractivity contribution in [1.29, 1.82) is 5.26 Å². The Bertz CT molecular complexity index is 1750. The zero-order valence-corrected chi connectivity index (χ0v) is 26.0. The van der Waals surface area contributed by atoms with Crippen molar-refractivity contribution >= 4 is 39.3 Å². The summed E-state index contributed by atoms with van der Waals surface area (Å²) >= 11 is 1.41. The molecule has 222 valence electrons. The molecule has 2 saturated heterocycles. The maximum Gasteiger partial charge on any atom is 0.226 e. The molecule has 5 heterocycles. The summed E-state index contributed by atoms with van der Waals surface area (Å²) in [4.78, 5) is 24.8. The van der Waals surface area contributed by atoms with Crippen LogP contribution in [0, 0.1) is 36.5 Å². The molecule has 0 radical (unpaired) electrons. The highest BCUT2D eigenvalue weighted by atomic mass is 32.1. The number of pyridine rings is 1. The average Bonchev–Trinajstić information content (AvgIpc) is 3.33. The van der Waals surface area contributed by atoms with E-state index in [2.05, 4.69) is 48.8 Å². The number of aliphatic hydroxyl groups excluding tert-OH is 1. The third-order valence-corrected chi connectivity index (χ3v) is 10.8. The van der Waals surface area contributed by atoms with Crippen molar-refractivity contribution in [1.82, 2.24) is 19.5 Å². The van der Waals surface area contributed by atoms with E-state index in [-0.39, 0.29) is 23.3 Å². The predicted octanol–water partition coefficient (Wildman–Crippen LogP) is 5.09. The second kappa shape index (κ2) is 10.4. The van der Waals surface area contributed by atoms with Crippen LogP contribution >= 0.6 is 11.3 Å². The van der Waals surface area contributed by atoms with E-state index in [1.807, 2.05) is 40.7 Å². The maximum atomic E-state index is 12.9. The van der Waals surface area contributed by atoms with Crippen molar-refractivity contribution in [2.24, 2.45) is 11.3 Å². The Balaban J connectivity index is 1.16. The normalized spacial score (nSPS) is 19.5. The Kier molecular flexibility index (Phi) is 6.71. The molecule has 7 rings (SSSR count). The van der Waals surface area contributed by atoms with Crippen molar-refractivity contribution in [2.75, 3.05) is 43.0 Å². The van der Waals surface area contributed by atoms with Crippen LogP contribution in [0.25, 0.3) is 16.8 Å². The number of benzene rings is 1. The summed E-state index contributed by atoms with van der Waals surface area (Å²) in [5, 5.41) is 25.3. The zero-order chi connectivity index (χ0) is 30.0. The molecule has 1 aromatic carbocycles. The van der Waals surface area contributed by atoms with E-state index in [0.29, 0.717) is 23.7 Å². The molecule has 3 aromatic heterocycles. The van der Waals surface area contributed by atoms with Crippen molar-refractivity contribution in [3.63, 3.8) is 0 Å². The Hall–Kier alpha value is -3.94. The molecule has 1 unspecified atom stereocenters. The molecule has 9 nitrogen and oxygen atoms in total. The van der Waals surface area contributed by atoms with Crippen LogP contribution in [0.2, 0.25) is 0 Å². The number of β-amino-alcohol motifs (C(OH)–C–C–N with tert-alkyl or cyclic N) is 1. The number of aryl methyl sites for hydroxylation is 3. The lowest BCUT2D eigenvalue weighted by Gasteiger charge is -2.38. The lowest BCUT2D eigenvalue weighted by molar-refractivity contribution is -0.143. The van der Waals surface area contributed by atoms with E-state index in [1.54, 1.807) is 0 Å². The van der Waals surface area contributed by atoms with E-state index in [0.717, 1.165) is 72.1 Å². The molecule has 2 aliphatic heterocycles. The topological polar surface area (TPSA) is 101 Å². The summed E-state index contributed by atoms with van der Waals surface area (Å²) in [6.45, 7) is 9.08. The molecular weight excluding hydrogens is 558 g/mol. The number of aromatic nitrogens is 3. The molecule has 0 bridgehead atoms. The Morgan fingerprint density at radius 1 is 1.19 bits per heavy atom. The van der Waals surface area contributed by atoms with Gasteiger partial charge in [0.25, 0.3) is 0 Å². The van der Waals surface area contributed by atoms with Gasteiger partial charge >= 0.3 is 0 Å². The molecule has 43 heavy (non-hydrogen) atoms. The van der Waals surface area contributed by atoms with Gasteiger partial charge < -0.3 is 19.8 Å². The van der Waals surface area contributed by atoms with E-state index < -0.39 is 0 Å². The van der Waals surface area contributed by atoms with Crippen LogP contribution in [0.5, 0.6) is 0 Å². The summed E-state index contributed by atoms with van der Waals surface area (Å²) in [7, 11) is 2.02. The van der Waals surface area contributed by atoms with Crippen molar-refractivity contribution in [2.45, 2.75) is 52.6 Å². The van der Waals surface area contributed by atoms with Gasteiger partial charge in [-0.25, -0.2) is 9.50 Å². The van der Waals surface area contributed by atoms with E-state index in [9.17, 15) is 15.2 Å². The molecule has 1 spiro atoms. The van der Waals surface area contributed by atoms with Gasteiger partial charge in [-0.05, 0) is 57.1 Å². The van der Waals surface area contributed by atoms with Crippen molar-refractivity contribution in [3.05, 3.63) is 58.2 Å². The van der Waals surface area contributed by atoms with E-state index in [1.165, 1.54) is 22.6 Å². The third kappa shape index (κ3) is 4.66. The molecule has 3 aliphatic rings. The SMILES string of the molecule is CCc1nn2c(C)cc(N3CCC4(CC3)CC4C(=O)N3CC(O)C3)cc2c1N(C)c1nc(-c2ccc(C)cc2)c(C#N)s1. The number of likely N-dealkylation sites (tertiary alicyclic amines) is 1. The van der Waals surface area contributed by atoms with Crippen LogP contribution in [0.15, 0.2) is 36.4 Å². The maximum absolute atomic E-state index is 12.9. The number of rotatable bonds is 6. The van der Waals surface area contributed by atoms with Gasteiger partial charge in [-0.15, -0.1) is 0 Å². The number of hydrogen-bond donors (Lipinski definition) is 1. The van der Waals surface area contributed by atoms with E-state index >= 15 is 0 Å². The monoisotopic (exact) mass is 595 g/mol. The van der Waals surface area contributed by atoms with Gasteiger partial charge in [0, 0.05) is 56.1 Å². The van der Waals surface area contributed by atoms with Crippen LogP contribution in [-0.4, -0.2) is 69.8 Å². The van der Waals surface area contributed by atoms with Crippen molar-refractivity contribution in [3.8, 4) is 17.3 Å². The zero-order valence-electron chi connectivity index (χ0n) is 25.2. The first kappa shape index (κ1) is 27.9. The summed E-state index contributed by atoms with van der Waals surface area (Å²) < 4.78 is 2.02. The lowest BCUT2D eigenvalue weighted by Crippen LogP contribution is -2.54. The van der Waals surface area contributed by atoms with Crippen LogP contribution in [0.1, 0.15) is 48.0 Å². The summed E-state index contributed by atoms with van der Waals surface area (Å²) in [6, 6.07) is 14.9. The minimum absolute atomic E-state index is 0.120. The van der Waals surface area contributed by atoms with Gasteiger partial charge in [0.2, 0.25) is 5.91 Å². The molecule has 1 aliphatic carbocycles. The Labute approximate surface area is 256 Å². The van der Waals surface area contributed by atoms with Gasteiger partial charge in [-0.2, -0.15) is 10.4 Å². The number of amides is 1. The van der Waals surface area contributed by atoms with E-state index in [4.69, 9.17) is 10.1 Å². The molecule has 10 heteroatoms. The first-order chi connectivity index (χ1) is 20.7. The van der Waals surface area contributed by atoms with Gasteiger partial charge in [0.15, 0.2) is 5.13 Å². The summed E-state index contributed by atoms with van der Waals surface area (Å²) in [6.07, 6.45) is 3.42. The minimum atomic E-state index is -0.349. The number of fused-ring (bicyclic) bond motifs is 1. The molecule has 3 fully saturated rings. The highest BCUT2D eigenvalue weighted by Crippen LogP contribution is 2.60. The number of nitrogens with zero attached hydrogens (tertiary/aromatic N) is 7. The smallest absolute Gasteiger partial charge is 0.226 e. The first-order valence-electron chi connectivity index (χ1n) is 15.2. The molecular formula is C33H37N7O2S. The summed E-state index contributed by atoms with van der Waals surface area (Å²) in [5.41, 5.74) is 8.21. The quantitative estimate of drug-likeness (QED) is 0.332. The standard InChI is InChI=1S/C33H37N7O2S/c1-5-26-30(37(4)32-35-29(28(17-34)43-32)22-8-6-20(2)7-9-22)27-15-23(14-21(3)40(27)36-26)38-12-10-33(11-13-38)16-25(33)31(42)39-18-24(41)19-39/h6-9,14-15,24-25,41H,5,10-13,16,18-19H2,1-4H3. The average molecular weight is 596 g/mol. The Morgan fingerprint density at radius 3 is 2.56 bits per heavy atom. The molecule has 4 aromatic rings. The van der Waals surface area contributed by atoms with Gasteiger partial charge in [-0.3, -0.25) is 4.79 Å². The number of piperidine rings is 1. The largest absolute Gasteiger partial charge is 0.389 e. The number of carbonyl (C=O) groups excluding carboxylic acids is 1. The number of thiazole rings is 1. The number of aliphatic hydroxyl groups is 1. The van der Waals surface area contributed by atoms with Gasteiger partial charge in [0.05, 0.1) is 23.0 Å². The molecule has 1 amide bonds. The number of carbonyl (C=O) groups is 1. The number of nitriles is 1. The van der Waals surface area contributed by atoms with Crippen molar-refractivity contribution < 1.29 is 9.90 Å². The number of hydrogen-bond acceptors (Lipinski definition) is 8. The minimum Gasteiger partial charge on any atom is -0.389 e. The molecule has 1 saturated carbocycles. The first-order valence-corrected chi connectivity index (χ1v) is 16.0. The molecule has 1 atom stereocenters. The second-order valence-corrected chi connectivity index (χ2v) is 13.5.